The Morgan fingerprint density at radius 2 is 1.33 bits per heavy atom. The van der Waals surface area contributed by atoms with Gasteiger partial charge in [0.2, 0.25) is 0 Å². The number of rotatable bonds is 3. The number of aliphatic hydroxyl groups is 2. The van der Waals surface area contributed by atoms with Gasteiger partial charge in [-0.3, -0.25) is 0 Å². The van der Waals surface area contributed by atoms with E-state index in [9.17, 15) is 5.11 Å². The molecule has 24 heavy (non-hydrogen) atoms. The first-order valence-corrected chi connectivity index (χ1v) is 7.75. The van der Waals surface area contributed by atoms with Crippen molar-refractivity contribution >= 4 is 0 Å². The van der Waals surface area contributed by atoms with Crippen molar-refractivity contribution in [3.63, 3.8) is 0 Å². The van der Waals surface area contributed by atoms with Crippen molar-refractivity contribution in [3.8, 4) is 0 Å². The Labute approximate surface area is 173 Å². The molecule has 141 valence electrons. The van der Waals surface area contributed by atoms with E-state index in [2.05, 4.69) is 0 Å². The standard InChI is InChI=1S/C9H13O2.C5H5.2C3H7.Fe.Rh/c1-7(10)6-9(11)8-4-2-3-5-8;1-2-4-5-3-1;2*1-3-2;;/h2-5,7,9-11H,6H2,1H3;1-5H;2*3H,1-2H3;;/q;;2*-1;;+2. The van der Waals surface area contributed by atoms with Crippen LogP contribution in [0.1, 0.15) is 41.0 Å². The zero-order chi connectivity index (χ0) is 17.2. The van der Waals surface area contributed by atoms with Crippen molar-refractivity contribution in [2.75, 3.05) is 0 Å². The van der Waals surface area contributed by atoms with Gasteiger partial charge in [-0.1, -0.05) is 42.5 Å². The van der Waals surface area contributed by atoms with Gasteiger partial charge in [0.15, 0.2) is 0 Å². The van der Waals surface area contributed by atoms with E-state index >= 15 is 0 Å². The van der Waals surface area contributed by atoms with Crippen LogP contribution in [-0.2, 0) is 36.5 Å². The Bertz CT molecular complexity index is 336. The summed E-state index contributed by atoms with van der Waals surface area (Å²) in [6, 6.07) is 0. The van der Waals surface area contributed by atoms with Crippen molar-refractivity contribution in [1.29, 1.82) is 0 Å². The Hall–Kier alpha value is 0.0229. The molecule has 0 bridgehead atoms. The molecule has 0 fully saturated rings. The van der Waals surface area contributed by atoms with Gasteiger partial charge >= 0.3 is 19.5 Å². The average molecular weight is 463 g/mol. The van der Waals surface area contributed by atoms with Crippen LogP contribution in [0.5, 0.6) is 0 Å². The van der Waals surface area contributed by atoms with Crippen LogP contribution in [0.2, 0.25) is 0 Å². The predicted molar refractivity (Wildman–Crippen MR) is 97.7 cm³/mol. The maximum atomic E-state index is 9.42. The molecule has 2 N–H and O–H groups in total. The monoisotopic (exact) mass is 463 g/mol. The Kier molecular flexibility index (Phi) is 33.4. The second-order valence-corrected chi connectivity index (χ2v) is 4.94. The summed E-state index contributed by atoms with van der Waals surface area (Å²) in [6.07, 6.45) is 20.9. The van der Waals surface area contributed by atoms with Crippen molar-refractivity contribution in [2.24, 2.45) is 0 Å². The molecule has 2 rings (SSSR count). The summed E-state index contributed by atoms with van der Waals surface area (Å²) in [5.41, 5.74) is 0.880. The number of hydrogen-bond donors (Lipinski definition) is 2. The summed E-state index contributed by atoms with van der Waals surface area (Å²) in [5, 5.41) is 18.4. The molecule has 0 saturated carbocycles. The smallest absolute Gasteiger partial charge is 0.393 e. The summed E-state index contributed by atoms with van der Waals surface area (Å²) in [6.45, 7) is 9.67. The number of hydrogen-bond acceptors (Lipinski definition) is 2. The SMILES string of the molecule is CC(O)CC(O)C1=C[CH]C=C1.C[CH-]C.C[CH-]C.[CH]1C=CC=C1.[Fe].[Rh+2]. The van der Waals surface area contributed by atoms with Gasteiger partial charge in [-0.2, -0.15) is 27.7 Å². The summed E-state index contributed by atoms with van der Waals surface area (Å²) in [5.74, 6) is 0. The molecule has 2 nitrogen and oxygen atoms in total. The van der Waals surface area contributed by atoms with Gasteiger partial charge in [-0.05, 0) is 12.5 Å². The molecule has 0 saturated heterocycles. The van der Waals surface area contributed by atoms with E-state index < -0.39 is 12.2 Å². The topological polar surface area (TPSA) is 40.5 Å². The summed E-state index contributed by atoms with van der Waals surface area (Å²) in [4.78, 5) is 0. The second kappa shape index (κ2) is 25.3. The fraction of sp³-hybridized carbons (Fsp3) is 0.400. The molecule has 2 atom stereocenters. The minimum atomic E-state index is -0.523. The summed E-state index contributed by atoms with van der Waals surface area (Å²) in [7, 11) is 0. The van der Waals surface area contributed by atoms with Gasteiger partial charge in [0.25, 0.3) is 0 Å². The van der Waals surface area contributed by atoms with E-state index in [-0.39, 0.29) is 36.5 Å². The Morgan fingerprint density at radius 3 is 1.58 bits per heavy atom. The third kappa shape index (κ3) is 24.3. The number of allylic oxidation sites excluding steroid dienone is 6. The van der Waals surface area contributed by atoms with Crippen LogP contribution in [0.4, 0.5) is 0 Å². The second-order valence-electron chi connectivity index (χ2n) is 4.94. The fourth-order valence-corrected chi connectivity index (χ4v) is 1.39. The third-order valence-electron chi connectivity index (χ3n) is 2.19. The van der Waals surface area contributed by atoms with E-state index in [1.807, 2.05) is 95.9 Å². The van der Waals surface area contributed by atoms with Crippen LogP contribution < -0.4 is 0 Å². The quantitative estimate of drug-likeness (QED) is 0.475. The zero-order valence-corrected chi connectivity index (χ0v) is 18.0. The third-order valence-corrected chi connectivity index (χ3v) is 2.19. The van der Waals surface area contributed by atoms with E-state index in [4.69, 9.17) is 5.11 Å². The normalized spacial score (nSPS) is 15.0. The molecule has 0 aliphatic heterocycles. The van der Waals surface area contributed by atoms with Crippen LogP contribution >= 0.6 is 0 Å². The number of aliphatic hydroxyl groups excluding tert-OH is 2. The molecule has 0 amide bonds. The van der Waals surface area contributed by atoms with Crippen LogP contribution in [0.3, 0.4) is 0 Å². The van der Waals surface area contributed by atoms with E-state index in [0.29, 0.717) is 6.42 Å². The predicted octanol–water partition coefficient (Wildman–Crippen LogP) is 4.59. The van der Waals surface area contributed by atoms with Crippen molar-refractivity contribution in [1.82, 2.24) is 0 Å². The van der Waals surface area contributed by atoms with Gasteiger partial charge < -0.3 is 23.1 Å². The molecule has 2 aliphatic rings. The molecule has 4 heteroatoms. The van der Waals surface area contributed by atoms with Crippen LogP contribution in [0.15, 0.2) is 48.1 Å². The fourth-order valence-electron chi connectivity index (χ4n) is 1.39. The molecule has 0 aromatic carbocycles. The molecule has 2 aliphatic carbocycles. The van der Waals surface area contributed by atoms with Crippen LogP contribution in [0.25, 0.3) is 0 Å². The first kappa shape index (κ1) is 31.8. The van der Waals surface area contributed by atoms with Gasteiger partial charge in [-0.15, -0.1) is 0 Å². The van der Waals surface area contributed by atoms with Crippen LogP contribution in [-0.4, -0.2) is 22.4 Å². The Morgan fingerprint density at radius 1 is 0.875 bits per heavy atom. The van der Waals surface area contributed by atoms with Crippen molar-refractivity contribution in [2.45, 2.75) is 53.2 Å². The molecular formula is C20H32FeO2Rh. The van der Waals surface area contributed by atoms with E-state index in [1.54, 1.807) is 6.92 Å². The maximum absolute atomic E-state index is 9.42. The summed E-state index contributed by atoms with van der Waals surface area (Å²) < 4.78 is 0. The van der Waals surface area contributed by atoms with E-state index in [0.717, 1.165) is 5.57 Å². The van der Waals surface area contributed by atoms with Crippen molar-refractivity contribution in [3.05, 3.63) is 73.8 Å². The molecule has 0 aromatic heterocycles. The van der Waals surface area contributed by atoms with Gasteiger partial charge in [0, 0.05) is 36.3 Å². The van der Waals surface area contributed by atoms with Crippen molar-refractivity contribution < 1.29 is 46.8 Å². The molecule has 0 spiro atoms. The molecule has 2 unspecified atom stereocenters. The van der Waals surface area contributed by atoms with E-state index in [1.165, 1.54) is 0 Å². The molecule has 0 aromatic rings. The molecule has 3 radical (unpaired) electrons. The molecule has 0 heterocycles. The minimum absolute atomic E-state index is 0. The largest absolute Gasteiger partial charge is 2.00 e. The average Bonchev–Trinajstić information content (AvgIpc) is 3.17. The first-order valence-electron chi connectivity index (χ1n) is 7.75. The summed E-state index contributed by atoms with van der Waals surface area (Å²) >= 11 is 0. The van der Waals surface area contributed by atoms with Gasteiger partial charge in [0.05, 0.1) is 12.2 Å². The maximum Gasteiger partial charge on any atom is 2.00 e. The Balaban J connectivity index is -0.000000130. The zero-order valence-electron chi connectivity index (χ0n) is 15.3. The van der Waals surface area contributed by atoms with Gasteiger partial charge in [-0.25, -0.2) is 0 Å². The van der Waals surface area contributed by atoms with Gasteiger partial charge in [0.1, 0.15) is 0 Å². The first-order chi connectivity index (χ1) is 10.5. The minimum Gasteiger partial charge on any atom is -0.393 e. The van der Waals surface area contributed by atoms with Crippen LogP contribution in [0, 0.1) is 25.7 Å². The molecular weight excluding hydrogens is 431 g/mol.